The summed E-state index contributed by atoms with van der Waals surface area (Å²) in [5.74, 6) is 0.458. The second kappa shape index (κ2) is 7.79. The van der Waals surface area contributed by atoms with Crippen LogP contribution in [0.5, 0.6) is 0 Å². The molecule has 7 nitrogen and oxygen atoms in total. The van der Waals surface area contributed by atoms with Crippen LogP contribution in [0.25, 0.3) is 10.2 Å². The third-order valence-electron chi connectivity index (χ3n) is 3.84. The highest BCUT2D eigenvalue weighted by Crippen LogP contribution is 2.36. The van der Waals surface area contributed by atoms with E-state index in [4.69, 9.17) is 11.6 Å². The molecule has 10 heteroatoms. The van der Waals surface area contributed by atoms with Crippen LogP contribution in [0.3, 0.4) is 0 Å². The second-order valence-electron chi connectivity index (χ2n) is 5.95. The molecule has 0 atom stereocenters. The molecule has 0 spiro atoms. The van der Waals surface area contributed by atoms with Gasteiger partial charge in [0.25, 0.3) is 11.6 Å². The maximum atomic E-state index is 12.3. The van der Waals surface area contributed by atoms with E-state index in [1.807, 2.05) is 6.92 Å². The second-order valence-corrected chi connectivity index (χ2v) is 8.24. The van der Waals surface area contributed by atoms with Crippen molar-refractivity contribution in [3.63, 3.8) is 0 Å². The Hall–Kier alpha value is -2.23. The molecule has 0 saturated heterocycles. The van der Waals surface area contributed by atoms with Crippen molar-refractivity contribution in [2.24, 2.45) is 0 Å². The number of carbonyl (C=O) groups is 1. The van der Waals surface area contributed by atoms with E-state index >= 15 is 0 Å². The van der Waals surface area contributed by atoms with Crippen molar-refractivity contribution < 1.29 is 9.72 Å². The molecule has 3 rings (SSSR count). The number of aryl methyl sites for hydroxylation is 1. The van der Waals surface area contributed by atoms with Crippen LogP contribution >= 0.6 is 34.7 Å². The molecule has 0 aliphatic carbocycles. The van der Waals surface area contributed by atoms with Crippen LogP contribution in [0.2, 0.25) is 5.15 Å². The predicted octanol–water partition coefficient (Wildman–Crippen LogP) is 4.56. The lowest BCUT2D eigenvalue weighted by Crippen LogP contribution is -2.21. The van der Waals surface area contributed by atoms with Crippen LogP contribution in [-0.4, -0.2) is 39.8 Å². The number of nitro benzene ring substituents is 1. The van der Waals surface area contributed by atoms with Crippen molar-refractivity contribution >= 4 is 56.5 Å². The van der Waals surface area contributed by atoms with E-state index in [0.29, 0.717) is 31.2 Å². The highest BCUT2D eigenvalue weighted by Gasteiger charge is 2.21. The molecule has 0 radical (unpaired) electrons. The number of nitrogens with zero attached hydrogens (tertiary/aromatic N) is 4. The van der Waals surface area contributed by atoms with Gasteiger partial charge in [-0.05, 0) is 18.1 Å². The number of thiophene rings is 1. The summed E-state index contributed by atoms with van der Waals surface area (Å²) in [5.41, 5.74) is 1.75. The molecule has 0 aliphatic rings. The van der Waals surface area contributed by atoms with Gasteiger partial charge in [0.2, 0.25) is 0 Å². The van der Waals surface area contributed by atoms with Gasteiger partial charge in [-0.2, -0.15) is 0 Å². The van der Waals surface area contributed by atoms with Gasteiger partial charge in [0.1, 0.15) is 9.98 Å². The highest BCUT2D eigenvalue weighted by molar-refractivity contribution is 7.98. The molecule has 0 fully saturated rings. The van der Waals surface area contributed by atoms with Gasteiger partial charge in [0, 0.05) is 32.0 Å². The van der Waals surface area contributed by atoms with E-state index in [2.05, 4.69) is 9.97 Å². The lowest BCUT2D eigenvalue weighted by atomic mass is 10.2. The average molecular weight is 423 g/mol. The van der Waals surface area contributed by atoms with Crippen LogP contribution in [0.15, 0.2) is 29.4 Å². The van der Waals surface area contributed by atoms with Crippen LogP contribution in [0.1, 0.15) is 20.8 Å². The predicted molar refractivity (Wildman–Crippen MR) is 108 cm³/mol. The maximum Gasteiger partial charge on any atom is 0.269 e. The number of non-ortho nitro benzene ring substituents is 1. The molecule has 1 amide bonds. The fourth-order valence-electron chi connectivity index (χ4n) is 2.41. The van der Waals surface area contributed by atoms with Gasteiger partial charge in [0.15, 0.2) is 5.16 Å². The molecule has 3 aromatic rings. The molecule has 0 N–H and O–H groups in total. The van der Waals surface area contributed by atoms with Crippen molar-refractivity contribution in [2.45, 2.75) is 17.8 Å². The Morgan fingerprint density at radius 3 is 2.56 bits per heavy atom. The number of aromatic nitrogens is 2. The molecule has 0 bridgehead atoms. The lowest BCUT2D eigenvalue weighted by Gasteiger charge is -2.08. The number of nitro groups is 1. The third-order valence-corrected chi connectivity index (χ3v) is 6.21. The fourth-order valence-corrected chi connectivity index (χ4v) is 4.88. The number of amides is 1. The molecule has 2 heterocycles. The van der Waals surface area contributed by atoms with Gasteiger partial charge >= 0.3 is 0 Å². The Morgan fingerprint density at radius 2 is 1.96 bits per heavy atom. The van der Waals surface area contributed by atoms with Gasteiger partial charge in [-0.3, -0.25) is 14.9 Å². The topological polar surface area (TPSA) is 89.2 Å². The first kappa shape index (κ1) is 19.5. The number of benzene rings is 1. The largest absolute Gasteiger partial charge is 0.344 e. The summed E-state index contributed by atoms with van der Waals surface area (Å²) in [4.78, 5) is 34.2. The SMILES string of the molecule is Cc1c(C(=O)N(C)C)sc2nc(SCc3ccc([N+](=O)[O-])cc3)nc(Cl)c12. The summed E-state index contributed by atoms with van der Waals surface area (Å²) in [6.45, 7) is 1.84. The first-order valence-electron chi connectivity index (χ1n) is 7.82. The Kier molecular flexibility index (Phi) is 5.64. The quantitative estimate of drug-likeness (QED) is 0.197. The average Bonchev–Trinajstić information content (AvgIpc) is 2.96. The van der Waals surface area contributed by atoms with Crippen molar-refractivity contribution in [3.8, 4) is 0 Å². The summed E-state index contributed by atoms with van der Waals surface area (Å²) in [7, 11) is 3.40. The summed E-state index contributed by atoms with van der Waals surface area (Å²) >= 11 is 9.03. The molecule has 1 aromatic carbocycles. The monoisotopic (exact) mass is 422 g/mol. The van der Waals surface area contributed by atoms with Crippen molar-refractivity contribution in [3.05, 3.63) is 55.5 Å². The minimum Gasteiger partial charge on any atom is -0.344 e. The molecular formula is C17H15ClN4O3S2. The van der Waals surface area contributed by atoms with Crippen molar-refractivity contribution in [1.82, 2.24) is 14.9 Å². The number of halogens is 1. The summed E-state index contributed by atoms with van der Waals surface area (Å²) in [6.07, 6.45) is 0. The van der Waals surface area contributed by atoms with Gasteiger partial charge in [-0.25, -0.2) is 9.97 Å². The number of fused-ring (bicyclic) bond motifs is 1. The van der Waals surface area contributed by atoms with Crippen molar-refractivity contribution in [2.75, 3.05) is 14.1 Å². The van der Waals surface area contributed by atoms with E-state index in [9.17, 15) is 14.9 Å². The summed E-state index contributed by atoms with van der Waals surface area (Å²) in [6, 6.07) is 6.34. The van der Waals surface area contributed by atoms with E-state index in [-0.39, 0.29) is 11.6 Å². The smallest absolute Gasteiger partial charge is 0.269 e. The van der Waals surface area contributed by atoms with E-state index < -0.39 is 4.92 Å². The van der Waals surface area contributed by atoms with E-state index in [0.717, 1.165) is 11.1 Å². The van der Waals surface area contributed by atoms with Crippen LogP contribution in [0, 0.1) is 17.0 Å². The number of thioether (sulfide) groups is 1. The first-order valence-corrected chi connectivity index (χ1v) is 10.0. The van der Waals surface area contributed by atoms with Gasteiger partial charge in [-0.15, -0.1) is 11.3 Å². The molecule has 0 saturated carbocycles. The van der Waals surface area contributed by atoms with Gasteiger partial charge in [0.05, 0.1) is 15.2 Å². The Morgan fingerprint density at radius 1 is 1.30 bits per heavy atom. The molecule has 140 valence electrons. The Bertz CT molecular complexity index is 1030. The summed E-state index contributed by atoms with van der Waals surface area (Å²) in [5, 5.41) is 12.2. The van der Waals surface area contributed by atoms with Crippen LogP contribution in [-0.2, 0) is 5.75 Å². The van der Waals surface area contributed by atoms with E-state index in [1.54, 1.807) is 26.2 Å². The number of hydrogen-bond acceptors (Lipinski definition) is 7. The minimum absolute atomic E-state index is 0.0524. The highest BCUT2D eigenvalue weighted by atomic mass is 35.5. The maximum absolute atomic E-state index is 12.3. The Labute approximate surface area is 168 Å². The zero-order chi connectivity index (χ0) is 19.7. The van der Waals surface area contributed by atoms with Gasteiger partial charge in [-0.1, -0.05) is 35.5 Å². The van der Waals surface area contributed by atoms with Crippen LogP contribution in [0.4, 0.5) is 5.69 Å². The Balaban J connectivity index is 1.85. The number of rotatable bonds is 5. The zero-order valence-corrected chi connectivity index (χ0v) is 17.1. The number of hydrogen-bond donors (Lipinski definition) is 0. The molecular weight excluding hydrogens is 408 g/mol. The lowest BCUT2D eigenvalue weighted by molar-refractivity contribution is -0.384. The fraction of sp³-hybridized carbons (Fsp3) is 0.235. The van der Waals surface area contributed by atoms with Crippen molar-refractivity contribution in [1.29, 1.82) is 0 Å². The summed E-state index contributed by atoms with van der Waals surface area (Å²) < 4.78 is 0. The first-order chi connectivity index (χ1) is 12.8. The van der Waals surface area contributed by atoms with E-state index in [1.165, 1.54) is 40.1 Å². The normalized spacial score (nSPS) is 11.0. The number of carbonyl (C=O) groups excluding carboxylic acids is 1. The minimum atomic E-state index is -0.431. The molecule has 2 aromatic heterocycles. The zero-order valence-electron chi connectivity index (χ0n) is 14.7. The molecule has 0 aliphatic heterocycles. The third kappa shape index (κ3) is 4.05. The molecule has 0 unspecified atom stereocenters. The molecule has 27 heavy (non-hydrogen) atoms. The van der Waals surface area contributed by atoms with Crippen LogP contribution < -0.4 is 0 Å². The van der Waals surface area contributed by atoms with Gasteiger partial charge < -0.3 is 4.90 Å². The standard InChI is InChI=1S/C17H15ClN4O3S2/c1-9-12-14(18)19-17(20-15(12)27-13(9)16(23)21(2)3)26-8-10-4-6-11(7-5-10)22(24)25/h4-7H,8H2,1-3H3.